The van der Waals surface area contributed by atoms with Gasteiger partial charge in [-0.2, -0.15) is 0 Å². The maximum absolute atomic E-state index is 3.59. The summed E-state index contributed by atoms with van der Waals surface area (Å²) < 4.78 is 1.19. The predicted octanol–water partition coefficient (Wildman–Crippen LogP) is 4.80. The Morgan fingerprint density at radius 1 is 1.32 bits per heavy atom. The van der Waals surface area contributed by atoms with Crippen LogP contribution in [-0.4, -0.2) is 13.1 Å². The fourth-order valence-corrected chi connectivity index (χ4v) is 4.10. The Labute approximate surface area is 126 Å². The van der Waals surface area contributed by atoms with Gasteiger partial charge in [0, 0.05) is 10.5 Å². The van der Waals surface area contributed by atoms with E-state index in [-0.39, 0.29) is 0 Å². The first kappa shape index (κ1) is 15.1. The summed E-state index contributed by atoms with van der Waals surface area (Å²) in [6, 6.07) is 9.38. The minimum Gasteiger partial charge on any atom is -0.316 e. The minimum absolute atomic E-state index is 0.625. The molecular weight excluding hydrogens is 298 g/mol. The lowest BCUT2D eigenvalue weighted by Crippen LogP contribution is -2.40. The summed E-state index contributed by atoms with van der Waals surface area (Å²) in [5, 5.41) is 3.59. The molecule has 1 nitrogen and oxygen atoms in total. The van der Waals surface area contributed by atoms with Crippen molar-refractivity contribution in [3.63, 3.8) is 0 Å². The number of nitrogens with one attached hydrogen (secondary N) is 1. The van der Waals surface area contributed by atoms with E-state index in [2.05, 4.69) is 59.5 Å². The summed E-state index contributed by atoms with van der Waals surface area (Å²) in [5.74, 6) is 1.76. The van der Waals surface area contributed by atoms with Gasteiger partial charge >= 0.3 is 0 Å². The molecule has 0 aliphatic heterocycles. The molecule has 2 heteroatoms. The highest BCUT2D eigenvalue weighted by Gasteiger charge is 2.29. The summed E-state index contributed by atoms with van der Waals surface area (Å²) in [7, 11) is 2.13. The van der Waals surface area contributed by atoms with Crippen LogP contribution < -0.4 is 5.32 Å². The standard InChI is InChI=1S/C17H26BrN/c1-3-14-8-4-5-10-16(14)17(19-2)12-13-7-6-9-15(18)11-13/h6-7,9,11,14,16-17,19H,3-5,8,10,12H2,1-2H3. The molecule has 0 amide bonds. The quantitative estimate of drug-likeness (QED) is 0.821. The monoisotopic (exact) mass is 323 g/mol. The Bertz CT molecular complexity index is 391. The molecule has 0 spiro atoms. The molecule has 0 saturated heterocycles. The van der Waals surface area contributed by atoms with Crippen molar-refractivity contribution in [2.75, 3.05) is 7.05 Å². The molecule has 1 aliphatic carbocycles. The molecular formula is C17H26BrN. The van der Waals surface area contributed by atoms with E-state index in [1.54, 1.807) is 0 Å². The zero-order valence-electron chi connectivity index (χ0n) is 12.2. The van der Waals surface area contributed by atoms with Crippen molar-refractivity contribution in [1.82, 2.24) is 5.32 Å². The van der Waals surface area contributed by atoms with E-state index >= 15 is 0 Å². The SMILES string of the molecule is CCC1CCCCC1C(Cc1cccc(Br)c1)NC. The van der Waals surface area contributed by atoms with Gasteiger partial charge in [0.1, 0.15) is 0 Å². The highest BCUT2D eigenvalue weighted by atomic mass is 79.9. The van der Waals surface area contributed by atoms with Gasteiger partial charge in [0.25, 0.3) is 0 Å². The number of likely N-dealkylation sites (N-methyl/N-ethyl adjacent to an activating group) is 1. The summed E-state index contributed by atoms with van der Waals surface area (Å²) in [6.07, 6.45) is 8.16. The molecule has 0 radical (unpaired) electrons. The minimum atomic E-state index is 0.625. The maximum Gasteiger partial charge on any atom is 0.0178 e. The van der Waals surface area contributed by atoms with E-state index in [4.69, 9.17) is 0 Å². The molecule has 106 valence electrons. The third kappa shape index (κ3) is 4.06. The van der Waals surface area contributed by atoms with Crippen LogP contribution in [0.15, 0.2) is 28.7 Å². The average Bonchev–Trinajstić information content (AvgIpc) is 2.45. The molecule has 1 aromatic rings. The third-order valence-corrected chi connectivity index (χ3v) is 5.22. The number of benzene rings is 1. The molecule has 0 heterocycles. The van der Waals surface area contributed by atoms with Crippen molar-refractivity contribution >= 4 is 15.9 Å². The Kier molecular flexibility index (Phi) is 5.90. The Hall–Kier alpha value is -0.340. The second-order valence-electron chi connectivity index (χ2n) is 5.85. The molecule has 1 saturated carbocycles. The molecule has 3 unspecified atom stereocenters. The van der Waals surface area contributed by atoms with E-state index in [9.17, 15) is 0 Å². The van der Waals surface area contributed by atoms with Crippen molar-refractivity contribution in [2.24, 2.45) is 11.8 Å². The lowest BCUT2D eigenvalue weighted by Gasteiger charge is -2.37. The largest absolute Gasteiger partial charge is 0.316 e. The van der Waals surface area contributed by atoms with Crippen molar-refractivity contribution in [3.05, 3.63) is 34.3 Å². The van der Waals surface area contributed by atoms with Gasteiger partial charge < -0.3 is 5.32 Å². The van der Waals surface area contributed by atoms with Crippen LogP contribution >= 0.6 is 15.9 Å². The van der Waals surface area contributed by atoms with Crippen LogP contribution in [0, 0.1) is 11.8 Å². The predicted molar refractivity (Wildman–Crippen MR) is 86.4 cm³/mol. The van der Waals surface area contributed by atoms with Gasteiger partial charge in [-0.25, -0.2) is 0 Å². The number of hydrogen-bond acceptors (Lipinski definition) is 1. The van der Waals surface area contributed by atoms with Gasteiger partial charge in [-0.05, 0) is 49.4 Å². The summed E-state index contributed by atoms with van der Waals surface area (Å²) in [6.45, 7) is 2.36. The van der Waals surface area contributed by atoms with Gasteiger partial charge in [-0.3, -0.25) is 0 Å². The van der Waals surface area contributed by atoms with Crippen molar-refractivity contribution in [2.45, 2.75) is 51.5 Å². The van der Waals surface area contributed by atoms with E-state index in [1.807, 2.05) is 0 Å². The van der Waals surface area contributed by atoms with Crippen molar-refractivity contribution < 1.29 is 0 Å². The molecule has 3 atom stereocenters. The van der Waals surface area contributed by atoms with Crippen LogP contribution in [0.5, 0.6) is 0 Å². The van der Waals surface area contributed by atoms with Crippen LogP contribution in [0.1, 0.15) is 44.6 Å². The molecule has 0 aromatic heterocycles. The molecule has 1 N–H and O–H groups in total. The zero-order chi connectivity index (χ0) is 13.7. The number of hydrogen-bond donors (Lipinski definition) is 1. The summed E-state index contributed by atoms with van der Waals surface area (Å²) in [4.78, 5) is 0. The summed E-state index contributed by atoms with van der Waals surface area (Å²) in [5.41, 5.74) is 1.44. The molecule has 2 rings (SSSR count). The maximum atomic E-state index is 3.59. The Morgan fingerprint density at radius 2 is 2.11 bits per heavy atom. The zero-order valence-corrected chi connectivity index (χ0v) is 13.7. The van der Waals surface area contributed by atoms with Gasteiger partial charge in [0.2, 0.25) is 0 Å². The molecule has 1 fully saturated rings. The molecule has 1 aliphatic rings. The van der Waals surface area contributed by atoms with E-state index in [1.165, 1.54) is 42.1 Å². The van der Waals surface area contributed by atoms with Crippen LogP contribution in [0.3, 0.4) is 0 Å². The lowest BCUT2D eigenvalue weighted by molar-refractivity contribution is 0.179. The first-order valence-electron chi connectivity index (χ1n) is 7.66. The van der Waals surface area contributed by atoms with E-state index in [0.29, 0.717) is 6.04 Å². The van der Waals surface area contributed by atoms with Crippen molar-refractivity contribution in [1.29, 1.82) is 0 Å². The lowest BCUT2D eigenvalue weighted by atomic mass is 9.73. The smallest absolute Gasteiger partial charge is 0.0178 e. The van der Waals surface area contributed by atoms with Gasteiger partial charge in [-0.1, -0.05) is 60.7 Å². The van der Waals surface area contributed by atoms with Crippen LogP contribution in [0.2, 0.25) is 0 Å². The van der Waals surface area contributed by atoms with Crippen molar-refractivity contribution in [3.8, 4) is 0 Å². The van der Waals surface area contributed by atoms with Gasteiger partial charge in [0.15, 0.2) is 0 Å². The van der Waals surface area contributed by atoms with Gasteiger partial charge in [-0.15, -0.1) is 0 Å². The Morgan fingerprint density at radius 3 is 2.79 bits per heavy atom. The fraction of sp³-hybridized carbons (Fsp3) is 0.647. The first-order valence-corrected chi connectivity index (χ1v) is 8.45. The first-order chi connectivity index (χ1) is 9.24. The van der Waals surface area contributed by atoms with Gasteiger partial charge in [0.05, 0.1) is 0 Å². The second-order valence-corrected chi connectivity index (χ2v) is 6.76. The van der Waals surface area contributed by atoms with Crippen LogP contribution in [0.4, 0.5) is 0 Å². The molecule has 1 aromatic carbocycles. The normalized spacial score (nSPS) is 25.2. The molecule has 19 heavy (non-hydrogen) atoms. The number of halogens is 1. The fourth-order valence-electron chi connectivity index (χ4n) is 3.66. The molecule has 0 bridgehead atoms. The second kappa shape index (κ2) is 7.44. The summed E-state index contributed by atoms with van der Waals surface area (Å²) >= 11 is 3.58. The highest BCUT2D eigenvalue weighted by molar-refractivity contribution is 9.10. The third-order valence-electron chi connectivity index (χ3n) is 4.72. The van der Waals surface area contributed by atoms with E-state index in [0.717, 1.165) is 18.3 Å². The van der Waals surface area contributed by atoms with E-state index < -0.39 is 0 Å². The number of rotatable bonds is 5. The van der Waals surface area contributed by atoms with Crippen LogP contribution in [0.25, 0.3) is 0 Å². The van der Waals surface area contributed by atoms with Crippen LogP contribution in [-0.2, 0) is 6.42 Å². The average molecular weight is 324 g/mol. The topological polar surface area (TPSA) is 12.0 Å². The highest BCUT2D eigenvalue weighted by Crippen LogP contribution is 2.35. The Balaban J connectivity index is 2.06.